The third-order valence-electron chi connectivity index (χ3n) is 4.04. The monoisotopic (exact) mass is 449 g/mol. The molecule has 1 aliphatic rings. The Morgan fingerprint density at radius 1 is 1.28 bits per heavy atom. The van der Waals surface area contributed by atoms with Crippen LogP contribution in [0.4, 0.5) is 5.69 Å². The van der Waals surface area contributed by atoms with Gasteiger partial charge in [0.25, 0.3) is 5.91 Å². The van der Waals surface area contributed by atoms with Crippen molar-refractivity contribution in [2.24, 2.45) is 0 Å². The maximum atomic E-state index is 12.9. The van der Waals surface area contributed by atoms with Crippen LogP contribution in [0.25, 0.3) is 6.08 Å². The number of thioether (sulfide) groups is 1. The first-order valence-electron chi connectivity index (χ1n) is 8.37. The molecule has 1 heterocycles. The normalized spacial score (nSPS) is 15.1. The molecule has 0 saturated carbocycles. The number of ether oxygens (including phenoxy) is 2. The Morgan fingerprint density at radius 2 is 2.03 bits per heavy atom. The van der Waals surface area contributed by atoms with E-state index in [9.17, 15) is 9.59 Å². The summed E-state index contributed by atoms with van der Waals surface area (Å²) in [6, 6.07) is 10.3. The van der Waals surface area contributed by atoms with Crippen LogP contribution in [-0.4, -0.2) is 35.0 Å². The molecule has 2 aromatic carbocycles. The number of anilines is 1. The van der Waals surface area contributed by atoms with Crippen molar-refractivity contribution in [2.45, 2.75) is 6.92 Å². The van der Waals surface area contributed by atoms with Crippen molar-refractivity contribution < 1.29 is 24.2 Å². The maximum absolute atomic E-state index is 12.9. The Morgan fingerprint density at radius 3 is 2.69 bits per heavy atom. The predicted molar refractivity (Wildman–Crippen MR) is 118 cm³/mol. The molecular weight excluding hydrogens is 434 g/mol. The molecule has 2 aromatic rings. The number of carboxylic acid groups (broad SMARTS) is 1. The van der Waals surface area contributed by atoms with Gasteiger partial charge in [-0.2, -0.15) is 0 Å². The second-order valence-corrected chi connectivity index (χ2v) is 8.13. The van der Waals surface area contributed by atoms with Crippen LogP contribution in [0.5, 0.6) is 11.5 Å². The summed E-state index contributed by atoms with van der Waals surface area (Å²) in [5.74, 6) is -0.671. The van der Waals surface area contributed by atoms with Crippen LogP contribution in [0.1, 0.15) is 11.1 Å². The molecule has 6 nitrogen and oxygen atoms in total. The second-order valence-electron chi connectivity index (χ2n) is 6.04. The molecule has 29 heavy (non-hydrogen) atoms. The molecule has 0 atom stereocenters. The molecule has 1 N–H and O–H groups in total. The van der Waals surface area contributed by atoms with Crippen LogP contribution >= 0.6 is 35.6 Å². The lowest BCUT2D eigenvalue weighted by Crippen LogP contribution is -2.27. The van der Waals surface area contributed by atoms with Gasteiger partial charge in [-0.25, -0.2) is 4.79 Å². The highest BCUT2D eigenvalue weighted by molar-refractivity contribution is 8.27. The van der Waals surface area contributed by atoms with E-state index in [1.807, 2.05) is 13.0 Å². The minimum absolute atomic E-state index is 0.245. The fourth-order valence-corrected chi connectivity index (χ4v) is 4.07. The number of hydrogen-bond acceptors (Lipinski definition) is 6. The van der Waals surface area contributed by atoms with Gasteiger partial charge in [0.2, 0.25) is 0 Å². The summed E-state index contributed by atoms with van der Waals surface area (Å²) >= 11 is 12.8. The Balaban J connectivity index is 1.87. The molecular formula is C20H16ClNO5S2. The maximum Gasteiger partial charge on any atom is 0.341 e. The van der Waals surface area contributed by atoms with E-state index in [0.29, 0.717) is 37.0 Å². The number of methoxy groups -OCH3 is 1. The standard InChI is InChI=1S/C20H16ClNO5S2/c1-11-3-5-13(9-14(11)21)22-19(25)17(29-20(22)28)8-12-4-6-15(16(7-12)26-2)27-10-18(23)24/h3-9H,10H2,1-2H3,(H,23,24)/b17-8-. The number of rotatable bonds is 6. The van der Waals surface area contributed by atoms with Gasteiger partial charge in [-0.3, -0.25) is 9.69 Å². The van der Waals surface area contributed by atoms with Crippen LogP contribution in [0, 0.1) is 6.92 Å². The van der Waals surface area contributed by atoms with Crippen molar-refractivity contribution >= 4 is 63.5 Å². The largest absolute Gasteiger partial charge is 0.493 e. The number of aryl methyl sites for hydroxylation is 1. The van der Waals surface area contributed by atoms with Crippen molar-refractivity contribution in [3.63, 3.8) is 0 Å². The summed E-state index contributed by atoms with van der Waals surface area (Å²) in [4.78, 5) is 25.5. The topological polar surface area (TPSA) is 76.1 Å². The van der Waals surface area contributed by atoms with Crippen LogP contribution < -0.4 is 14.4 Å². The third-order valence-corrected chi connectivity index (χ3v) is 5.75. The summed E-state index contributed by atoms with van der Waals surface area (Å²) in [7, 11) is 1.45. The van der Waals surface area contributed by atoms with Crippen LogP contribution in [0.2, 0.25) is 5.02 Å². The first-order valence-corrected chi connectivity index (χ1v) is 9.97. The van der Waals surface area contributed by atoms with E-state index >= 15 is 0 Å². The van der Waals surface area contributed by atoms with Gasteiger partial charge in [-0.15, -0.1) is 0 Å². The van der Waals surface area contributed by atoms with E-state index < -0.39 is 12.6 Å². The lowest BCUT2D eigenvalue weighted by atomic mass is 10.1. The molecule has 1 fully saturated rings. The molecule has 0 aliphatic carbocycles. The molecule has 0 unspecified atom stereocenters. The lowest BCUT2D eigenvalue weighted by molar-refractivity contribution is -0.139. The number of halogens is 1. The molecule has 150 valence electrons. The van der Waals surface area contributed by atoms with E-state index in [4.69, 9.17) is 38.4 Å². The first kappa shape index (κ1) is 21.2. The van der Waals surface area contributed by atoms with E-state index in [2.05, 4.69) is 0 Å². The molecule has 0 aromatic heterocycles. The van der Waals surface area contributed by atoms with Crippen molar-refractivity contribution in [1.29, 1.82) is 0 Å². The Hall–Kier alpha value is -2.55. The van der Waals surface area contributed by atoms with E-state index in [1.54, 1.807) is 36.4 Å². The zero-order valence-electron chi connectivity index (χ0n) is 15.5. The summed E-state index contributed by atoms with van der Waals surface area (Å²) in [5, 5.41) is 9.30. The molecule has 3 rings (SSSR count). The predicted octanol–water partition coefficient (Wildman–Crippen LogP) is 4.53. The van der Waals surface area contributed by atoms with Crippen LogP contribution in [0.3, 0.4) is 0 Å². The van der Waals surface area contributed by atoms with Crippen molar-refractivity contribution in [1.82, 2.24) is 0 Å². The number of benzene rings is 2. The number of carboxylic acids is 1. The number of thiocarbonyl (C=S) groups is 1. The fourth-order valence-electron chi connectivity index (χ4n) is 2.60. The number of aliphatic carboxylic acids is 1. The SMILES string of the molecule is COc1cc(/C=C2\SC(=S)N(c3ccc(C)c(Cl)c3)C2=O)ccc1OCC(=O)O. The number of nitrogens with zero attached hydrogens (tertiary/aromatic N) is 1. The fraction of sp³-hybridized carbons (Fsp3) is 0.150. The molecule has 1 amide bonds. The van der Waals surface area contributed by atoms with Gasteiger partial charge in [-0.1, -0.05) is 47.7 Å². The van der Waals surface area contributed by atoms with Crippen molar-refractivity contribution in [2.75, 3.05) is 18.6 Å². The number of carbonyl (C=O) groups excluding carboxylic acids is 1. The van der Waals surface area contributed by atoms with Gasteiger partial charge in [-0.05, 0) is 48.4 Å². The average molecular weight is 450 g/mol. The first-order chi connectivity index (χ1) is 13.8. The van der Waals surface area contributed by atoms with Gasteiger partial charge in [0.15, 0.2) is 22.4 Å². The summed E-state index contributed by atoms with van der Waals surface area (Å²) in [5.41, 5.74) is 2.21. The van der Waals surface area contributed by atoms with Crippen LogP contribution in [-0.2, 0) is 9.59 Å². The molecule has 0 spiro atoms. The smallest absolute Gasteiger partial charge is 0.341 e. The Bertz CT molecular complexity index is 1040. The van der Waals surface area contributed by atoms with Crippen LogP contribution in [0.15, 0.2) is 41.3 Å². The zero-order valence-corrected chi connectivity index (χ0v) is 17.9. The van der Waals surface area contributed by atoms with E-state index in [1.165, 1.54) is 23.8 Å². The Kier molecular flexibility index (Phi) is 6.46. The van der Waals surface area contributed by atoms with Crippen molar-refractivity contribution in [3.8, 4) is 11.5 Å². The number of amides is 1. The minimum Gasteiger partial charge on any atom is -0.493 e. The highest BCUT2D eigenvalue weighted by atomic mass is 35.5. The number of hydrogen-bond donors (Lipinski definition) is 1. The third kappa shape index (κ3) is 4.72. The summed E-state index contributed by atoms with van der Waals surface area (Å²) in [6.07, 6.45) is 1.69. The minimum atomic E-state index is -1.09. The average Bonchev–Trinajstić information content (AvgIpc) is 2.96. The summed E-state index contributed by atoms with van der Waals surface area (Å²) in [6.45, 7) is 1.40. The van der Waals surface area contributed by atoms with Crippen molar-refractivity contribution in [3.05, 3.63) is 57.5 Å². The Labute approximate surface area is 182 Å². The lowest BCUT2D eigenvalue weighted by Gasteiger charge is -2.15. The van der Waals surface area contributed by atoms with Gasteiger partial charge in [0, 0.05) is 5.02 Å². The van der Waals surface area contributed by atoms with Gasteiger partial charge in [0.1, 0.15) is 0 Å². The molecule has 0 radical (unpaired) electrons. The highest BCUT2D eigenvalue weighted by Crippen LogP contribution is 2.38. The van der Waals surface area contributed by atoms with Gasteiger partial charge >= 0.3 is 5.97 Å². The summed E-state index contributed by atoms with van der Waals surface area (Å²) < 4.78 is 10.9. The van der Waals surface area contributed by atoms with E-state index in [-0.39, 0.29) is 5.91 Å². The number of carbonyl (C=O) groups is 2. The molecule has 1 saturated heterocycles. The quantitative estimate of drug-likeness (QED) is 0.513. The molecule has 0 bridgehead atoms. The molecule has 1 aliphatic heterocycles. The van der Waals surface area contributed by atoms with E-state index in [0.717, 1.165) is 5.56 Å². The van der Waals surface area contributed by atoms with Gasteiger partial charge < -0.3 is 14.6 Å². The molecule has 9 heteroatoms. The highest BCUT2D eigenvalue weighted by Gasteiger charge is 2.33. The van der Waals surface area contributed by atoms with Gasteiger partial charge in [0.05, 0.1) is 17.7 Å². The second kappa shape index (κ2) is 8.86. The zero-order chi connectivity index (χ0) is 21.1.